The topological polar surface area (TPSA) is 237 Å². The Morgan fingerprint density at radius 2 is 0.543 bits per heavy atom. The Labute approximate surface area is 575 Å². The Balaban J connectivity index is 5.23. The quantitative estimate of drug-likeness (QED) is 0.0222. The van der Waals surface area contributed by atoms with Gasteiger partial charge in [-0.15, -0.1) is 0 Å². The lowest BCUT2D eigenvalue weighted by atomic mass is 9.99. The zero-order chi connectivity index (χ0) is 69.3. The number of hydrogen-bond donors (Lipinski definition) is 3. The van der Waals surface area contributed by atoms with Crippen LogP contribution in [0.3, 0.4) is 0 Å². The summed E-state index contributed by atoms with van der Waals surface area (Å²) in [6, 6.07) is 0. The van der Waals surface area contributed by atoms with Gasteiger partial charge in [-0.05, 0) is 37.5 Å². The van der Waals surface area contributed by atoms with Crippen molar-refractivity contribution in [1.82, 2.24) is 0 Å². The third-order valence-corrected chi connectivity index (χ3v) is 19.7. The second-order valence-corrected chi connectivity index (χ2v) is 30.7. The number of unbranched alkanes of at least 4 members (excludes halogenated alkanes) is 43. The van der Waals surface area contributed by atoms with Gasteiger partial charge in [0.15, 0.2) is 12.2 Å². The number of phosphoric acid groups is 2. The fourth-order valence-corrected chi connectivity index (χ4v) is 13.0. The molecule has 0 aliphatic heterocycles. The fourth-order valence-electron chi connectivity index (χ4n) is 11.4. The molecule has 0 aliphatic rings. The van der Waals surface area contributed by atoms with Crippen LogP contribution in [0, 0.1) is 11.8 Å². The van der Waals surface area contributed by atoms with Gasteiger partial charge in [0.1, 0.15) is 19.3 Å². The summed E-state index contributed by atoms with van der Waals surface area (Å²) in [6.07, 6.45) is 53.9. The monoisotopic (exact) mass is 1380 g/mol. The van der Waals surface area contributed by atoms with E-state index < -0.39 is 97.5 Å². The van der Waals surface area contributed by atoms with Crippen molar-refractivity contribution in [2.24, 2.45) is 11.8 Å². The molecule has 0 radical (unpaired) electrons. The normalized spacial score (nSPS) is 14.3. The van der Waals surface area contributed by atoms with E-state index in [1.165, 1.54) is 205 Å². The van der Waals surface area contributed by atoms with Crippen LogP contribution < -0.4 is 0 Å². The Bertz CT molecular complexity index is 1820. The van der Waals surface area contributed by atoms with E-state index in [1.807, 2.05) is 0 Å². The zero-order valence-electron chi connectivity index (χ0n) is 61.3. The van der Waals surface area contributed by atoms with Crippen LogP contribution in [0.5, 0.6) is 0 Å². The molecule has 0 spiro atoms. The van der Waals surface area contributed by atoms with Crippen LogP contribution >= 0.6 is 15.6 Å². The summed E-state index contributed by atoms with van der Waals surface area (Å²) >= 11 is 0. The standard InChI is InChI=1S/C75H146O17P2/c1-7-10-12-14-16-18-26-35-41-47-53-59-74(79)91-70(63-85-72(77)57-51-45-39-33-19-17-15-13-11-8-2)65-89-93(81,82)87-61-69(76)62-88-94(83,84)90-66-71(64-86-73(78)58-52-46-40-34-29-25-24-27-31-37-43-49-55-67(4)5)92-75(80)60-54-48-42-36-30-23-21-20-22-28-32-38-44-50-56-68(6)9-3/h67-71,76H,7-66H2,1-6H3,(H,81,82)(H,83,84)/t68?,69-,70+,71+/m0/s1. The molecule has 17 nitrogen and oxygen atoms in total. The van der Waals surface area contributed by atoms with Gasteiger partial charge in [-0.25, -0.2) is 9.13 Å². The lowest BCUT2D eigenvalue weighted by Gasteiger charge is -2.21. The molecule has 0 aromatic heterocycles. The zero-order valence-corrected chi connectivity index (χ0v) is 63.1. The Kier molecular flexibility index (Phi) is 65.5. The highest BCUT2D eigenvalue weighted by Crippen LogP contribution is 2.45. The lowest BCUT2D eigenvalue weighted by Crippen LogP contribution is -2.30. The highest BCUT2D eigenvalue weighted by Gasteiger charge is 2.30. The van der Waals surface area contributed by atoms with E-state index in [9.17, 15) is 43.2 Å². The average Bonchev–Trinajstić information content (AvgIpc) is 1.16. The number of carbonyl (C=O) groups excluding carboxylic acids is 4. The number of ether oxygens (including phenoxy) is 4. The van der Waals surface area contributed by atoms with E-state index in [-0.39, 0.29) is 25.7 Å². The average molecular weight is 1380 g/mol. The Morgan fingerprint density at radius 1 is 0.309 bits per heavy atom. The Morgan fingerprint density at radius 3 is 0.809 bits per heavy atom. The summed E-state index contributed by atoms with van der Waals surface area (Å²) in [7, 11) is -9.91. The molecular formula is C75H146O17P2. The minimum Gasteiger partial charge on any atom is -0.462 e. The van der Waals surface area contributed by atoms with E-state index in [1.54, 1.807) is 0 Å². The third-order valence-electron chi connectivity index (χ3n) is 17.8. The lowest BCUT2D eigenvalue weighted by molar-refractivity contribution is -0.161. The van der Waals surface area contributed by atoms with Crippen molar-refractivity contribution < 1.29 is 80.2 Å². The molecule has 6 atom stereocenters. The molecule has 0 saturated heterocycles. The van der Waals surface area contributed by atoms with E-state index in [4.69, 9.17) is 37.0 Å². The van der Waals surface area contributed by atoms with Crippen LogP contribution in [0.1, 0.15) is 388 Å². The van der Waals surface area contributed by atoms with Crippen LogP contribution in [-0.4, -0.2) is 96.7 Å². The second-order valence-electron chi connectivity index (χ2n) is 27.8. The summed E-state index contributed by atoms with van der Waals surface area (Å²) in [6.45, 7) is 9.65. The van der Waals surface area contributed by atoms with Crippen LogP contribution in [0.2, 0.25) is 0 Å². The molecule has 0 fully saturated rings. The number of aliphatic hydroxyl groups is 1. The van der Waals surface area contributed by atoms with Gasteiger partial charge in [0.25, 0.3) is 0 Å². The van der Waals surface area contributed by atoms with Gasteiger partial charge in [-0.1, -0.05) is 337 Å². The maximum Gasteiger partial charge on any atom is 0.472 e. The van der Waals surface area contributed by atoms with Crippen molar-refractivity contribution in [3.05, 3.63) is 0 Å². The van der Waals surface area contributed by atoms with Crippen molar-refractivity contribution in [3.8, 4) is 0 Å². The molecule has 0 bridgehead atoms. The molecule has 3 N–H and O–H groups in total. The third kappa shape index (κ3) is 67.3. The molecule has 0 aliphatic carbocycles. The summed E-state index contributed by atoms with van der Waals surface area (Å²) in [5.41, 5.74) is 0. The molecule has 0 saturated carbocycles. The summed E-state index contributed by atoms with van der Waals surface area (Å²) in [5.74, 6) is -0.488. The molecular weight excluding hydrogens is 1230 g/mol. The van der Waals surface area contributed by atoms with Crippen molar-refractivity contribution >= 4 is 39.5 Å². The first-order valence-electron chi connectivity index (χ1n) is 39.0. The number of rotatable bonds is 74. The van der Waals surface area contributed by atoms with Crippen molar-refractivity contribution in [1.29, 1.82) is 0 Å². The second kappa shape index (κ2) is 66.9. The highest BCUT2D eigenvalue weighted by atomic mass is 31.2. The summed E-state index contributed by atoms with van der Waals surface area (Å²) in [5, 5.41) is 10.6. The van der Waals surface area contributed by atoms with Gasteiger partial charge in [-0.3, -0.25) is 37.3 Å². The van der Waals surface area contributed by atoms with E-state index in [2.05, 4.69) is 41.5 Å². The molecule has 3 unspecified atom stereocenters. The van der Waals surface area contributed by atoms with Gasteiger partial charge >= 0.3 is 39.5 Å². The minimum absolute atomic E-state index is 0.107. The number of aliphatic hydroxyl groups excluding tert-OH is 1. The van der Waals surface area contributed by atoms with Gasteiger partial charge in [-0.2, -0.15) is 0 Å². The van der Waals surface area contributed by atoms with Gasteiger partial charge in [0.05, 0.1) is 26.4 Å². The van der Waals surface area contributed by atoms with Gasteiger partial charge < -0.3 is 33.8 Å². The number of phosphoric ester groups is 2. The molecule has 94 heavy (non-hydrogen) atoms. The van der Waals surface area contributed by atoms with E-state index in [0.29, 0.717) is 25.7 Å². The molecule has 0 rings (SSSR count). The maximum absolute atomic E-state index is 13.1. The van der Waals surface area contributed by atoms with Gasteiger partial charge in [0, 0.05) is 25.7 Å². The molecule has 19 heteroatoms. The molecule has 0 aromatic rings. The first-order valence-corrected chi connectivity index (χ1v) is 42.0. The predicted molar refractivity (Wildman–Crippen MR) is 381 cm³/mol. The highest BCUT2D eigenvalue weighted by molar-refractivity contribution is 7.47. The van der Waals surface area contributed by atoms with E-state index in [0.717, 1.165) is 102 Å². The van der Waals surface area contributed by atoms with Crippen LogP contribution in [0.15, 0.2) is 0 Å². The minimum atomic E-state index is -4.96. The van der Waals surface area contributed by atoms with Crippen molar-refractivity contribution in [3.63, 3.8) is 0 Å². The maximum atomic E-state index is 13.1. The number of carbonyl (C=O) groups is 4. The first-order chi connectivity index (χ1) is 45.4. The molecule has 558 valence electrons. The van der Waals surface area contributed by atoms with Gasteiger partial charge in [0.2, 0.25) is 0 Å². The van der Waals surface area contributed by atoms with Crippen molar-refractivity contribution in [2.45, 2.75) is 407 Å². The summed E-state index contributed by atoms with van der Waals surface area (Å²) < 4.78 is 68.5. The molecule has 0 heterocycles. The SMILES string of the molecule is CCCCCCCCCCCCCC(=O)O[C@H](COC(=O)CCCCCCCCCCCC)COP(=O)(O)OC[C@H](O)COP(=O)(O)OC[C@@H](COC(=O)CCCCCCCCCCCCCCC(C)C)OC(=O)CCCCCCCCCCCCCCCCC(C)CC. The first kappa shape index (κ1) is 92.1. The largest absolute Gasteiger partial charge is 0.472 e. The molecule has 0 aromatic carbocycles. The van der Waals surface area contributed by atoms with Crippen molar-refractivity contribution in [2.75, 3.05) is 39.6 Å². The fraction of sp³-hybridized carbons (Fsp3) is 0.947. The number of esters is 4. The smallest absolute Gasteiger partial charge is 0.462 e. The molecule has 0 amide bonds. The predicted octanol–water partition coefficient (Wildman–Crippen LogP) is 21.9. The van der Waals surface area contributed by atoms with Crippen LogP contribution in [-0.2, 0) is 65.4 Å². The van der Waals surface area contributed by atoms with E-state index >= 15 is 0 Å². The summed E-state index contributed by atoms with van der Waals surface area (Å²) in [4.78, 5) is 72.7. The van der Waals surface area contributed by atoms with Crippen LogP contribution in [0.4, 0.5) is 0 Å². The number of hydrogen-bond acceptors (Lipinski definition) is 15. The van der Waals surface area contributed by atoms with Crippen LogP contribution in [0.25, 0.3) is 0 Å². The Hall–Kier alpha value is -1.94.